The average molecular weight is 238 g/mol. The zero-order valence-corrected chi connectivity index (χ0v) is 11.6. The van der Waals surface area contributed by atoms with Crippen molar-refractivity contribution in [2.45, 2.75) is 64.3 Å². The molecule has 1 aliphatic carbocycles. The van der Waals surface area contributed by atoms with Gasteiger partial charge in [-0.2, -0.15) is 0 Å². The Morgan fingerprint density at radius 1 is 1.00 bits per heavy atom. The Hall–Kier alpha value is -0.0800. The quantitative estimate of drug-likeness (QED) is 0.741. The van der Waals surface area contributed by atoms with Crippen molar-refractivity contribution in [3.05, 3.63) is 0 Å². The maximum Gasteiger partial charge on any atom is 0.0192 e. The van der Waals surface area contributed by atoms with Gasteiger partial charge in [0.15, 0.2) is 0 Å². The normalized spacial score (nSPS) is 25.9. The molecule has 1 heterocycles. The van der Waals surface area contributed by atoms with Crippen LogP contribution in [0.2, 0.25) is 0 Å². The van der Waals surface area contributed by atoms with Crippen LogP contribution in [0.1, 0.15) is 58.3 Å². The lowest BCUT2D eigenvalue weighted by atomic mass is 10.0. The van der Waals surface area contributed by atoms with Gasteiger partial charge in [-0.05, 0) is 58.2 Å². The summed E-state index contributed by atoms with van der Waals surface area (Å²) >= 11 is 0. The Bertz CT molecular complexity index is 189. The second-order valence-corrected chi connectivity index (χ2v) is 6.11. The first-order chi connectivity index (χ1) is 8.36. The van der Waals surface area contributed by atoms with Gasteiger partial charge in [-0.25, -0.2) is 0 Å². The third-order valence-corrected chi connectivity index (χ3v) is 4.61. The van der Waals surface area contributed by atoms with Gasteiger partial charge in [-0.15, -0.1) is 0 Å². The van der Waals surface area contributed by atoms with Gasteiger partial charge in [0.1, 0.15) is 0 Å². The molecule has 1 atom stereocenters. The van der Waals surface area contributed by atoms with Crippen molar-refractivity contribution in [2.24, 2.45) is 5.92 Å². The molecule has 0 aromatic heterocycles. The van der Waals surface area contributed by atoms with Gasteiger partial charge < -0.3 is 5.32 Å². The molecule has 0 bridgehead atoms. The van der Waals surface area contributed by atoms with E-state index in [1.807, 2.05) is 0 Å². The lowest BCUT2D eigenvalue weighted by molar-refractivity contribution is 0.247. The van der Waals surface area contributed by atoms with Crippen LogP contribution < -0.4 is 5.32 Å². The molecule has 2 nitrogen and oxygen atoms in total. The van der Waals surface area contributed by atoms with Crippen LogP contribution in [0, 0.1) is 5.92 Å². The highest BCUT2D eigenvalue weighted by atomic mass is 15.2. The topological polar surface area (TPSA) is 15.3 Å². The number of likely N-dealkylation sites (tertiary alicyclic amines) is 1. The van der Waals surface area contributed by atoms with Crippen LogP contribution in [0.5, 0.6) is 0 Å². The Labute approximate surface area is 107 Å². The van der Waals surface area contributed by atoms with Gasteiger partial charge >= 0.3 is 0 Å². The van der Waals surface area contributed by atoms with Gasteiger partial charge in [0.05, 0.1) is 0 Å². The summed E-state index contributed by atoms with van der Waals surface area (Å²) < 4.78 is 0. The fraction of sp³-hybridized carbons (Fsp3) is 1.00. The van der Waals surface area contributed by atoms with Crippen molar-refractivity contribution in [1.82, 2.24) is 10.2 Å². The van der Waals surface area contributed by atoms with Crippen LogP contribution in [0.25, 0.3) is 0 Å². The maximum absolute atomic E-state index is 3.72. The largest absolute Gasteiger partial charge is 0.315 e. The second-order valence-electron chi connectivity index (χ2n) is 6.11. The molecule has 2 fully saturated rings. The van der Waals surface area contributed by atoms with Gasteiger partial charge in [0.25, 0.3) is 0 Å². The summed E-state index contributed by atoms with van der Waals surface area (Å²) in [6.45, 7) is 7.48. The maximum atomic E-state index is 3.72. The first kappa shape index (κ1) is 13.4. The molecule has 1 saturated carbocycles. The molecule has 0 aromatic rings. The molecule has 2 rings (SSSR count). The molecule has 17 heavy (non-hydrogen) atoms. The van der Waals surface area contributed by atoms with E-state index in [1.165, 1.54) is 77.5 Å². The van der Waals surface area contributed by atoms with Crippen LogP contribution in [-0.2, 0) is 0 Å². The molecular weight excluding hydrogens is 208 g/mol. The van der Waals surface area contributed by atoms with Gasteiger partial charge in [0, 0.05) is 12.6 Å². The third kappa shape index (κ3) is 4.59. The SMILES string of the molecule is CC(CNCC1CCCCCC1)N1CCCC1. The van der Waals surface area contributed by atoms with Crippen molar-refractivity contribution in [1.29, 1.82) is 0 Å². The highest BCUT2D eigenvalue weighted by Gasteiger charge is 2.18. The van der Waals surface area contributed by atoms with Crippen LogP contribution in [0.15, 0.2) is 0 Å². The van der Waals surface area contributed by atoms with Gasteiger partial charge in [-0.3, -0.25) is 4.90 Å². The molecule has 100 valence electrons. The summed E-state index contributed by atoms with van der Waals surface area (Å²) in [4.78, 5) is 2.64. The van der Waals surface area contributed by atoms with Crippen molar-refractivity contribution >= 4 is 0 Å². The van der Waals surface area contributed by atoms with E-state index in [4.69, 9.17) is 0 Å². The average Bonchev–Trinajstić information content (AvgIpc) is 2.75. The van der Waals surface area contributed by atoms with Crippen molar-refractivity contribution < 1.29 is 0 Å². The number of nitrogens with zero attached hydrogens (tertiary/aromatic N) is 1. The number of rotatable bonds is 5. The summed E-state index contributed by atoms with van der Waals surface area (Å²) in [5, 5.41) is 3.72. The molecule has 2 aliphatic rings. The van der Waals surface area contributed by atoms with Gasteiger partial charge in [0.2, 0.25) is 0 Å². The fourth-order valence-electron chi connectivity index (χ4n) is 3.38. The molecule has 0 spiro atoms. The van der Waals surface area contributed by atoms with E-state index in [0.717, 1.165) is 12.0 Å². The Balaban J connectivity index is 1.57. The monoisotopic (exact) mass is 238 g/mol. The zero-order valence-electron chi connectivity index (χ0n) is 11.6. The number of hydrogen-bond donors (Lipinski definition) is 1. The predicted octanol–water partition coefficient (Wildman–Crippen LogP) is 3.03. The molecule has 1 N–H and O–H groups in total. The third-order valence-electron chi connectivity index (χ3n) is 4.61. The van der Waals surface area contributed by atoms with Gasteiger partial charge in [-0.1, -0.05) is 25.7 Å². The minimum absolute atomic E-state index is 0.739. The lowest BCUT2D eigenvalue weighted by Crippen LogP contribution is -2.39. The number of hydrogen-bond acceptors (Lipinski definition) is 2. The summed E-state index contributed by atoms with van der Waals surface area (Å²) in [7, 11) is 0. The van der Waals surface area contributed by atoms with E-state index in [2.05, 4.69) is 17.1 Å². The lowest BCUT2D eigenvalue weighted by Gasteiger charge is -2.25. The first-order valence-electron chi connectivity index (χ1n) is 7.81. The second kappa shape index (κ2) is 7.38. The van der Waals surface area contributed by atoms with Crippen molar-refractivity contribution in [2.75, 3.05) is 26.2 Å². The van der Waals surface area contributed by atoms with E-state index in [9.17, 15) is 0 Å². The Kier molecular flexibility index (Phi) is 5.79. The Morgan fingerprint density at radius 2 is 1.65 bits per heavy atom. The van der Waals surface area contributed by atoms with E-state index >= 15 is 0 Å². The predicted molar refractivity (Wildman–Crippen MR) is 74.3 cm³/mol. The molecular formula is C15H30N2. The Morgan fingerprint density at radius 3 is 2.29 bits per heavy atom. The zero-order chi connectivity index (χ0) is 11.9. The molecule has 0 amide bonds. The molecule has 1 saturated heterocycles. The van der Waals surface area contributed by atoms with Crippen molar-refractivity contribution in [3.63, 3.8) is 0 Å². The molecule has 1 aliphatic heterocycles. The minimum atomic E-state index is 0.739. The highest BCUT2D eigenvalue weighted by Crippen LogP contribution is 2.22. The number of nitrogens with one attached hydrogen (secondary N) is 1. The van der Waals surface area contributed by atoms with E-state index in [-0.39, 0.29) is 0 Å². The summed E-state index contributed by atoms with van der Waals surface area (Å²) in [6.07, 6.45) is 11.6. The van der Waals surface area contributed by atoms with Crippen LogP contribution in [0.3, 0.4) is 0 Å². The minimum Gasteiger partial charge on any atom is -0.315 e. The summed E-state index contributed by atoms with van der Waals surface area (Å²) in [6, 6.07) is 0.739. The van der Waals surface area contributed by atoms with Crippen LogP contribution in [-0.4, -0.2) is 37.1 Å². The van der Waals surface area contributed by atoms with Crippen LogP contribution in [0.4, 0.5) is 0 Å². The van der Waals surface area contributed by atoms with Crippen molar-refractivity contribution in [3.8, 4) is 0 Å². The standard InChI is InChI=1S/C15H30N2/c1-14(17-10-6-7-11-17)12-16-13-15-8-4-2-3-5-9-15/h14-16H,2-13H2,1H3. The molecule has 0 radical (unpaired) electrons. The van der Waals surface area contributed by atoms with E-state index in [0.29, 0.717) is 0 Å². The fourth-order valence-corrected chi connectivity index (χ4v) is 3.38. The highest BCUT2D eigenvalue weighted by molar-refractivity contribution is 4.75. The summed E-state index contributed by atoms with van der Waals surface area (Å²) in [5.74, 6) is 0.961. The molecule has 1 unspecified atom stereocenters. The summed E-state index contributed by atoms with van der Waals surface area (Å²) in [5.41, 5.74) is 0. The smallest absolute Gasteiger partial charge is 0.0192 e. The van der Waals surface area contributed by atoms with E-state index in [1.54, 1.807) is 0 Å². The first-order valence-corrected chi connectivity index (χ1v) is 7.81. The van der Waals surface area contributed by atoms with E-state index < -0.39 is 0 Å². The van der Waals surface area contributed by atoms with Crippen LogP contribution >= 0.6 is 0 Å². The molecule has 0 aromatic carbocycles. The molecule has 2 heteroatoms.